The Balaban J connectivity index is 1.67. The number of urea groups is 1. The number of benzene rings is 1. The van der Waals surface area contributed by atoms with Gasteiger partial charge in [0.05, 0.1) is 45.1 Å². The maximum Gasteiger partial charge on any atom is 0.435 e. The average molecular weight is 542 g/mol. The van der Waals surface area contributed by atoms with Crippen molar-refractivity contribution in [1.29, 1.82) is 0 Å². The average Bonchev–Trinajstić information content (AvgIpc) is 3.31. The van der Waals surface area contributed by atoms with Crippen LogP contribution in [0.4, 0.5) is 15.4 Å². The lowest BCUT2D eigenvalue weighted by atomic mass is 9.83. The zero-order chi connectivity index (χ0) is 27.9. The summed E-state index contributed by atoms with van der Waals surface area (Å²) < 4.78 is 6.43. The lowest BCUT2D eigenvalue weighted by Crippen LogP contribution is -2.52. The topological polar surface area (TPSA) is 126 Å². The summed E-state index contributed by atoms with van der Waals surface area (Å²) in [4.78, 5) is 41.7. The second kappa shape index (κ2) is 10.2. The van der Waals surface area contributed by atoms with Gasteiger partial charge in [0.25, 0.3) is 0 Å². The molecule has 1 aromatic heterocycles. The first-order chi connectivity index (χ1) is 17.9. The predicted octanol–water partition coefficient (Wildman–Crippen LogP) is 4.58. The van der Waals surface area contributed by atoms with Gasteiger partial charge < -0.3 is 25.4 Å². The highest BCUT2D eigenvalue weighted by atomic mass is 28.3. The molecule has 10 nitrogen and oxygen atoms in total. The number of carbonyl (C=O) groups excluding carboxylic acids is 3. The molecule has 1 aliphatic heterocycles. The minimum atomic E-state index is -1.85. The zero-order valence-electron chi connectivity index (χ0n) is 23.1. The molecule has 0 spiro atoms. The number of hydrogen-bond acceptors (Lipinski definition) is 6. The number of rotatable bonds is 7. The Kier molecular flexibility index (Phi) is 7.46. The summed E-state index contributed by atoms with van der Waals surface area (Å²) in [6, 6.07) is 8.24. The first kappa shape index (κ1) is 27.8. The number of nitrogens with zero attached hydrogens (tertiary/aromatic N) is 3. The maximum absolute atomic E-state index is 13.6. The van der Waals surface area contributed by atoms with E-state index in [1.807, 2.05) is 44.2 Å². The fourth-order valence-corrected chi connectivity index (χ4v) is 8.27. The van der Waals surface area contributed by atoms with Crippen LogP contribution in [0.1, 0.15) is 62.9 Å². The van der Waals surface area contributed by atoms with Crippen LogP contribution in [0.2, 0.25) is 24.7 Å². The monoisotopic (exact) mass is 541 g/mol. The summed E-state index contributed by atoms with van der Waals surface area (Å²) in [5.74, 6) is 0.220. The first-order valence-corrected chi connectivity index (χ1v) is 16.7. The van der Waals surface area contributed by atoms with Crippen molar-refractivity contribution in [3.8, 4) is 0 Å². The Labute approximate surface area is 224 Å². The molecule has 1 aromatic carbocycles. The van der Waals surface area contributed by atoms with Crippen molar-refractivity contribution >= 4 is 31.9 Å². The molecule has 0 bridgehead atoms. The van der Waals surface area contributed by atoms with Gasteiger partial charge in [-0.25, -0.2) is 9.59 Å². The van der Waals surface area contributed by atoms with Gasteiger partial charge in [0.15, 0.2) is 5.82 Å². The molecule has 0 saturated heterocycles. The van der Waals surface area contributed by atoms with E-state index in [1.54, 1.807) is 11.8 Å². The van der Waals surface area contributed by atoms with Crippen LogP contribution < -0.4 is 10.6 Å². The Morgan fingerprint density at radius 2 is 1.82 bits per heavy atom. The molecular weight excluding hydrogens is 502 g/mol. The number of aromatic nitrogens is 2. The van der Waals surface area contributed by atoms with Crippen molar-refractivity contribution < 1.29 is 24.2 Å². The van der Waals surface area contributed by atoms with Gasteiger partial charge >= 0.3 is 12.1 Å². The van der Waals surface area contributed by atoms with E-state index in [4.69, 9.17) is 4.74 Å². The number of ether oxygens (including phenoxy) is 1. The molecule has 1 atom stereocenters. The lowest BCUT2D eigenvalue weighted by Gasteiger charge is -2.48. The second-order valence-electron chi connectivity index (χ2n) is 11.7. The molecule has 4 rings (SSSR count). The zero-order valence-corrected chi connectivity index (χ0v) is 24.1. The molecule has 3 amide bonds. The molecular formula is C27H39N5O5Si. The van der Waals surface area contributed by atoms with Crippen molar-refractivity contribution in [2.45, 2.75) is 82.8 Å². The van der Waals surface area contributed by atoms with Crippen LogP contribution >= 0.6 is 0 Å². The van der Waals surface area contributed by atoms with E-state index in [0.29, 0.717) is 11.3 Å². The summed E-state index contributed by atoms with van der Waals surface area (Å²) in [6.45, 7) is 12.0. The summed E-state index contributed by atoms with van der Waals surface area (Å²) >= 11 is 0. The molecule has 2 heterocycles. The van der Waals surface area contributed by atoms with Crippen LogP contribution in [-0.4, -0.2) is 59.1 Å². The first-order valence-electron chi connectivity index (χ1n) is 13.2. The minimum absolute atomic E-state index is 0.0654. The number of fused-ring (bicyclic) bond motifs is 1. The number of hydrogen-bond donors (Lipinski definition) is 3. The number of aliphatic hydroxyl groups is 1. The van der Waals surface area contributed by atoms with Crippen LogP contribution in [0.3, 0.4) is 0 Å². The summed E-state index contributed by atoms with van der Waals surface area (Å²) in [5, 5.41) is 20.0. The molecule has 206 valence electrons. The quantitative estimate of drug-likeness (QED) is 0.441. The molecule has 2 aromatic rings. The molecule has 1 saturated carbocycles. The van der Waals surface area contributed by atoms with Crippen LogP contribution in [0, 0.1) is 0 Å². The lowest BCUT2D eigenvalue weighted by molar-refractivity contribution is -0.121. The van der Waals surface area contributed by atoms with E-state index in [-0.39, 0.29) is 36.5 Å². The van der Waals surface area contributed by atoms with Crippen LogP contribution in [0.25, 0.3) is 0 Å². The van der Waals surface area contributed by atoms with Crippen LogP contribution in [0.15, 0.2) is 30.3 Å². The Bertz CT molecular complexity index is 1220. The number of nitrogens with one attached hydrogen (secondary N) is 2. The maximum atomic E-state index is 13.6. The fourth-order valence-electron chi connectivity index (χ4n) is 5.68. The van der Waals surface area contributed by atoms with E-state index in [1.165, 1.54) is 4.68 Å². The second-order valence-corrected chi connectivity index (χ2v) is 17.1. The minimum Gasteiger partial charge on any atom is -0.448 e. The molecule has 1 aliphatic carbocycles. The van der Waals surface area contributed by atoms with Gasteiger partial charge in [0.2, 0.25) is 5.91 Å². The van der Waals surface area contributed by atoms with Crippen LogP contribution in [-0.2, 0) is 21.6 Å². The third-order valence-electron chi connectivity index (χ3n) is 8.23. The predicted molar refractivity (Wildman–Crippen MR) is 147 cm³/mol. The summed E-state index contributed by atoms with van der Waals surface area (Å²) in [5.41, 5.74) is 0.932. The molecule has 3 N–H and O–H groups in total. The highest BCUT2D eigenvalue weighted by molar-refractivity contribution is 6.83. The van der Waals surface area contributed by atoms with Crippen molar-refractivity contribution in [1.82, 2.24) is 20.0 Å². The number of aliphatic hydroxyl groups excluding tert-OH is 1. The van der Waals surface area contributed by atoms with Crippen molar-refractivity contribution in [3.63, 3.8) is 0 Å². The van der Waals surface area contributed by atoms with E-state index in [2.05, 4.69) is 35.4 Å². The van der Waals surface area contributed by atoms with Crippen molar-refractivity contribution in [2.24, 2.45) is 0 Å². The van der Waals surface area contributed by atoms with Gasteiger partial charge in [-0.2, -0.15) is 4.68 Å². The highest BCUT2D eigenvalue weighted by Gasteiger charge is 2.54. The van der Waals surface area contributed by atoms with E-state index in [0.717, 1.165) is 24.8 Å². The van der Waals surface area contributed by atoms with Crippen LogP contribution in [0.5, 0.6) is 0 Å². The SMILES string of the molecule is CCOC(=O)n1nc(NC(=O)C2([Si](C)(C)C)CCC2)c2c1C(C)(C)N(C(=O)N[C@H](CO)c1ccccc1)C2. The van der Waals surface area contributed by atoms with Crippen molar-refractivity contribution in [3.05, 3.63) is 47.2 Å². The van der Waals surface area contributed by atoms with E-state index in [9.17, 15) is 19.5 Å². The molecule has 38 heavy (non-hydrogen) atoms. The Morgan fingerprint density at radius 1 is 1.16 bits per heavy atom. The largest absolute Gasteiger partial charge is 0.448 e. The number of anilines is 1. The van der Waals surface area contributed by atoms with E-state index < -0.39 is 31.8 Å². The Morgan fingerprint density at radius 3 is 2.34 bits per heavy atom. The smallest absolute Gasteiger partial charge is 0.435 e. The highest BCUT2D eigenvalue weighted by Crippen LogP contribution is 2.56. The normalized spacial score (nSPS) is 18.2. The Hall–Kier alpha value is -3.18. The van der Waals surface area contributed by atoms with Gasteiger partial charge in [0.1, 0.15) is 0 Å². The molecule has 0 unspecified atom stereocenters. The van der Waals surface area contributed by atoms with Gasteiger partial charge in [0, 0.05) is 10.6 Å². The number of carbonyl (C=O) groups is 3. The van der Waals surface area contributed by atoms with Gasteiger partial charge in [-0.3, -0.25) is 4.79 Å². The standard InChI is InChI=1S/C27H39N5O5Si/c1-7-37-25(36)32-21-19(22(30-32)29-23(34)27(14-11-15-27)38(4,5)6)16-31(26(21,2)3)24(35)28-20(17-33)18-12-9-8-10-13-18/h8-10,12-13,20,33H,7,11,14-17H2,1-6H3,(H,28,35)(H,29,30,34)/t20-/m1/s1. The summed E-state index contributed by atoms with van der Waals surface area (Å²) in [7, 11) is -1.85. The fraction of sp³-hybridized carbons (Fsp3) is 0.556. The molecule has 1 fully saturated rings. The molecule has 2 aliphatic rings. The van der Waals surface area contributed by atoms with Gasteiger partial charge in [-0.15, -0.1) is 5.10 Å². The molecule has 0 radical (unpaired) electrons. The third-order valence-corrected chi connectivity index (χ3v) is 11.8. The van der Waals surface area contributed by atoms with Gasteiger partial charge in [-0.05, 0) is 39.2 Å². The summed E-state index contributed by atoms with van der Waals surface area (Å²) in [6.07, 6.45) is 2.04. The third kappa shape index (κ3) is 4.62. The number of amides is 3. The van der Waals surface area contributed by atoms with Crippen molar-refractivity contribution in [2.75, 3.05) is 18.5 Å². The van der Waals surface area contributed by atoms with E-state index >= 15 is 0 Å². The molecule has 11 heteroatoms. The van der Waals surface area contributed by atoms with Gasteiger partial charge in [-0.1, -0.05) is 56.4 Å².